The van der Waals surface area contributed by atoms with E-state index in [9.17, 15) is 9.90 Å². The average molecular weight is 255 g/mol. The highest BCUT2D eigenvalue weighted by Gasteiger charge is 2.47. The minimum atomic E-state index is -0.628. The molecule has 0 aromatic heterocycles. The molecule has 0 radical (unpaired) electrons. The Hall–Kier alpha value is -0.610. The van der Waals surface area contributed by atoms with Crippen LogP contribution in [0.5, 0.6) is 0 Å². The minimum absolute atomic E-state index is 0.197. The molecular formula is C14H25NO3. The third-order valence-electron chi connectivity index (χ3n) is 4.70. The smallest absolute Gasteiger partial charge is 0.311 e. The molecule has 0 amide bonds. The molecular weight excluding hydrogens is 230 g/mol. The zero-order valence-electron chi connectivity index (χ0n) is 11.5. The van der Waals surface area contributed by atoms with Crippen LogP contribution in [0.25, 0.3) is 0 Å². The van der Waals surface area contributed by atoms with E-state index in [0.717, 1.165) is 32.5 Å². The number of likely N-dealkylation sites (tertiary alicyclic amines) is 1. The van der Waals surface area contributed by atoms with Crippen molar-refractivity contribution in [2.24, 2.45) is 11.3 Å². The number of carboxylic acids is 1. The molecule has 0 aromatic rings. The molecule has 0 aliphatic carbocycles. The molecule has 2 aliphatic heterocycles. The Labute approximate surface area is 109 Å². The summed E-state index contributed by atoms with van der Waals surface area (Å²) >= 11 is 0. The zero-order chi connectivity index (χ0) is 13.2. The van der Waals surface area contributed by atoms with Gasteiger partial charge < -0.3 is 14.7 Å². The van der Waals surface area contributed by atoms with E-state index >= 15 is 0 Å². The van der Waals surface area contributed by atoms with Gasteiger partial charge in [0.05, 0.1) is 11.5 Å². The minimum Gasteiger partial charge on any atom is -0.481 e. The highest BCUT2D eigenvalue weighted by atomic mass is 16.5. The lowest BCUT2D eigenvalue weighted by Crippen LogP contribution is -2.39. The van der Waals surface area contributed by atoms with Gasteiger partial charge in [0.15, 0.2) is 0 Å². The normalized spacial score (nSPS) is 33.4. The number of hydrogen-bond acceptors (Lipinski definition) is 3. The van der Waals surface area contributed by atoms with Gasteiger partial charge in [-0.2, -0.15) is 0 Å². The molecule has 2 fully saturated rings. The SMILES string of the molecule is CC(C)C1(C(=O)O)CCN(CCC2CCCO2)C1. The Morgan fingerprint density at radius 1 is 1.56 bits per heavy atom. The van der Waals surface area contributed by atoms with Gasteiger partial charge in [-0.25, -0.2) is 0 Å². The molecule has 18 heavy (non-hydrogen) atoms. The van der Waals surface area contributed by atoms with Gasteiger partial charge in [0.1, 0.15) is 0 Å². The van der Waals surface area contributed by atoms with Crippen molar-refractivity contribution in [3.63, 3.8) is 0 Å². The Morgan fingerprint density at radius 3 is 2.83 bits per heavy atom. The van der Waals surface area contributed by atoms with Crippen LogP contribution in [0, 0.1) is 11.3 Å². The van der Waals surface area contributed by atoms with Crippen LogP contribution in [0.15, 0.2) is 0 Å². The fourth-order valence-corrected chi connectivity index (χ4v) is 3.20. The van der Waals surface area contributed by atoms with Crippen molar-refractivity contribution in [2.45, 2.75) is 45.6 Å². The molecule has 4 nitrogen and oxygen atoms in total. The predicted octanol–water partition coefficient (Wildman–Crippen LogP) is 1.99. The molecule has 2 rings (SSSR count). The second kappa shape index (κ2) is 5.57. The van der Waals surface area contributed by atoms with Crippen molar-refractivity contribution >= 4 is 5.97 Å². The van der Waals surface area contributed by atoms with Crippen molar-refractivity contribution in [3.8, 4) is 0 Å². The summed E-state index contributed by atoms with van der Waals surface area (Å²) in [5.41, 5.74) is -0.531. The molecule has 0 saturated carbocycles. The lowest BCUT2D eigenvalue weighted by molar-refractivity contribution is -0.151. The maximum atomic E-state index is 11.5. The molecule has 104 valence electrons. The van der Waals surface area contributed by atoms with Gasteiger partial charge in [-0.1, -0.05) is 13.8 Å². The number of rotatable bonds is 5. The van der Waals surface area contributed by atoms with E-state index in [0.29, 0.717) is 12.6 Å². The highest BCUT2D eigenvalue weighted by Crippen LogP contribution is 2.38. The molecule has 0 aromatic carbocycles. The van der Waals surface area contributed by atoms with Gasteiger partial charge in [0, 0.05) is 19.7 Å². The van der Waals surface area contributed by atoms with Gasteiger partial charge in [-0.15, -0.1) is 0 Å². The first kappa shape index (κ1) is 13.8. The standard InChI is InChI=1S/C14H25NO3/c1-11(2)14(13(16)17)6-8-15(10-14)7-5-12-4-3-9-18-12/h11-12H,3-10H2,1-2H3,(H,16,17). The van der Waals surface area contributed by atoms with Crippen LogP contribution in [0.1, 0.15) is 39.5 Å². The van der Waals surface area contributed by atoms with E-state index in [1.165, 1.54) is 12.8 Å². The van der Waals surface area contributed by atoms with E-state index in [-0.39, 0.29) is 5.92 Å². The summed E-state index contributed by atoms with van der Waals surface area (Å²) in [6, 6.07) is 0. The maximum absolute atomic E-state index is 11.5. The van der Waals surface area contributed by atoms with Crippen molar-refractivity contribution in [3.05, 3.63) is 0 Å². The molecule has 1 N–H and O–H groups in total. The van der Waals surface area contributed by atoms with Crippen molar-refractivity contribution in [2.75, 3.05) is 26.2 Å². The number of ether oxygens (including phenoxy) is 1. The number of nitrogens with zero attached hydrogens (tertiary/aromatic N) is 1. The Bertz CT molecular complexity index is 299. The molecule has 0 bridgehead atoms. The second-order valence-corrected chi connectivity index (χ2v) is 6.07. The van der Waals surface area contributed by atoms with Gasteiger partial charge in [-0.05, 0) is 38.1 Å². The molecule has 2 aliphatic rings. The number of hydrogen-bond donors (Lipinski definition) is 1. The molecule has 2 saturated heterocycles. The van der Waals surface area contributed by atoms with Crippen LogP contribution in [0.2, 0.25) is 0 Å². The topological polar surface area (TPSA) is 49.8 Å². The summed E-state index contributed by atoms with van der Waals surface area (Å²) in [6.07, 6.45) is 4.58. The van der Waals surface area contributed by atoms with Crippen LogP contribution < -0.4 is 0 Å². The largest absolute Gasteiger partial charge is 0.481 e. The van der Waals surface area contributed by atoms with Crippen LogP contribution in [0.4, 0.5) is 0 Å². The molecule has 0 spiro atoms. The van der Waals surface area contributed by atoms with E-state index < -0.39 is 11.4 Å². The fraction of sp³-hybridized carbons (Fsp3) is 0.929. The molecule has 2 unspecified atom stereocenters. The number of aliphatic carboxylic acids is 1. The molecule has 2 atom stereocenters. The summed E-state index contributed by atoms with van der Waals surface area (Å²) in [6.45, 7) is 7.54. The summed E-state index contributed by atoms with van der Waals surface area (Å²) in [5.74, 6) is -0.431. The summed E-state index contributed by atoms with van der Waals surface area (Å²) in [7, 11) is 0. The van der Waals surface area contributed by atoms with Gasteiger partial charge >= 0.3 is 5.97 Å². The lowest BCUT2D eigenvalue weighted by Gasteiger charge is -2.29. The van der Waals surface area contributed by atoms with Crippen LogP contribution in [-0.2, 0) is 9.53 Å². The number of carboxylic acid groups (broad SMARTS) is 1. The third-order valence-corrected chi connectivity index (χ3v) is 4.70. The van der Waals surface area contributed by atoms with Crippen LogP contribution >= 0.6 is 0 Å². The van der Waals surface area contributed by atoms with E-state index in [1.54, 1.807) is 0 Å². The first-order valence-corrected chi connectivity index (χ1v) is 7.12. The quantitative estimate of drug-likeness (QED) is 0.816. The van der Waals surface area contributed by atoms with Gasteiger partial charge in [0.25, 0.3) is 0 Å². The summed E-state index contributed by atoms with van der Waals surface area (Å²) in [5, 5.41) is 9.48. The van der Waals surface area contributed by atoms with Crippen molar-refractivity contribution < 1.29 is 14.6 Å². The summed E-state index contributed by atoms with van der Waals surface area (Å²) < 4.78 is 5.62. The van der Waals surface area contributed by atoms with E-state index in [2.05, 4.69) is 4.90 Å². The first-order valence-electron chi connectivity index (χ1n) is 7.12. The van der Waals surface area contributed by atoms with Crippen LogP contribution in [-0.4, -0.2) is 48.3 Å². The Balaban J connectivity index is 1.84. The highest BCUT2D eigenvalue weighted by molar-refractivity contribution is 5.75. The van der Waals surface area contributed by atoms with Gasteiger partial charge in [0.2, 0.25) is 0 Å². The molecule has 2 heterocycles. The third kappa shape index (κ3) is 2.69. The average Bonchev–Trinajstić information content (AvgIpc) is 2.96. The van der Waals surface area contributed by atoms with Crippen LogP contribution in [0.3, 0.4) is 0 Å². The fourth-order valence-electron chi connectivity index (χ4n) is 3.20. The van der Waals surface area contributed by atoms with Crippen molar-refractivity contribution in [1.29, 1.82) is 0 Å². The zero-order valence-corrected chi connectivity index (χ0v) is 11.5. The van der Waals surface area contributed by atoms with E-state index in [4.69, 9.17) is 4.74 Å². The molecule has 4 heteroatoms. The monoisotopic (exact) mass is 255 g/mol. The summed E-state index contributed by atoms with van der Waals surface area (Å²) in [4.78, 5) is 13.8. The predicted molar refractivity (Wildman–Crippen MR) is 69.6 cm³/mol. The number of carbonyl (C=O) groups is 1. The lowest BCUT2D eigenvalue weighted by atomic mass is 9.76. The van der Waals surface area contributed by atoms with Crippen molar-refractivity contribution in [1.82, 2.24) is 4.90 Å². The first-order chi connectivity index (χ1) is 8.54. The van der Waals surface area contributed by atoms with Gasteiger partial charge in [-0.3, -0.25) is 4.79 Å². The maximum Gasteiger partial charge on any atom is 0.311 e. The Kier molecular flexibility index (Phi) is 4.28. The van der Waals surface area contributed by atoms with E-state index in [1.807, 2.05) is 13.8 Å². The second-order valence-electron chi connectivity index (χ2n) is 6.07. The Morgan fingerprint density at radius 2 is 2.33 bits per heavy atom.